The van der Waals surface area contributed by atoms with Gasteiger partial charge in [0, 0.05) is 0 Å². The number of nitrogens with two attached hydrogens (primary N) is 1. The van der Waals surface area contributed by atoms with Gasteiger partial charge in [-0.05, 0) is 36.8 Å². The summed E-state index contributed by atoms with van der Waals surface area (Å²) in [6, 6.07) is 2.14. The largest absolute Gasteiger partial charge is 0.365 e. The molecule has 0 aliphatic heterocycles. The Kier molecular flexibility index (Phi) is 2.26. The Balaban J connectivity index is 2.59. The van der Waals surface area contributed by atoms with E-state index in [1.165, 1.54) is 11.3 Å². The van der Waals surface area contributed by atoms with Crippen molar-refractivity contribution in [3.8, 4) is 6.07 Å². The lowest BCUT2D eigenvalue weighted by molar-refractivity contribution is 0.100. The second-order valence-electron chi connectivity index (χ2n) is 3.40. The first-order valence-electron chi connectivity index (χ1n) is 4.58. The predicted molar refractivity (Wildman–Crippen MR) is 54.2 cm³/mol. The van der Waals surface area contributed by atoms with Crippen molar-refractivity contribution in [2.45, 2.75) is 25.7 Å². The third-order valence-electron chi connectivity index (χ3n) is 2.55. The number of rotatable bonds is 1. The Morgan fingerprint density at radius 1 is 1.36 bits per heavy atom. The standard InChI is InChI=1S/C10H10N2OS/c11-5-8-6-3-1-2-4-7(6)9(14-8)10(12)13/h1-4H2,(H2,12,13). The summed E-state index contributed by atoms with van der Waals surface area (Å²) in [6.45, 7) is 0. The van der Waals surface area contributed by atoms with Gasteiger partial charge in [0.05, 0.1) is 4.88 Å². The van der Waals surface area contributed by atoms with Gasteiger partial charge in [-0.2, -0.15) is 5.26 Å². The maximum absolute atomic E-state index is 11.1. The molecule has 0 saturated heterocycles. The van der Waals surface area contributed by atoms with Crippen molar-refractivity contribution in [1.82, 2.24) is 0 Å². The van der Waals surface area contributed by atoms with E-state index in [1.54, 1.807) is 0 Å². The van der Waals surface area contributed by atoms with Crippen LogP contribution in [-0.2, 0) is 12.8 Å². The summed E-state index contributed by atoms with van der Waals surface area (Å²) in [5.41, 5.74) is 7.37. The molecule has 0 spiro atoms. The van der Waals surface area contributed by atoms with Gasteiger partial charge in [-0.25, -0.2) is 0 Å². The van der Waals surface area contributed by atoms with Crippen LogP contribution in [0.2, 0.25) is 0 Å². The maximum Gasteiger partial charge on any atom is 0.259 e. The van der Waals surface area contributed by atoms with Gasteiger partial charge in [0.25, 0.3) is 5.91 Å². The monoisotopic (exact) mass is 206 g/mol. The minimum atomic E-state index is -0.394. The Morgan fingerprint density at radius 2 is 2.00 bits per heavy atom. The molecular formula is C10H10N2OS. The van der Waals surface area contributed by atoms with Crippen LogP contribution in [0, 0.1) is 11.3 Å². The minimum absolute atomic E-state index is 0.394. The summed E-state index contributed by atoms with van der Waals surface area (Å²) < 4.78 is 0. The number of nitrogens with zero attached hydrogens (tertiary/aromatic N) is 1. The highest BCUT2D eigenvalue weighted by atomic mass is 32.1. The molecule has 0 fully saturated rings. The number of fused-ring (bicyclic) bond motifs is 1. The quantitative estimate of drug-likeness (QED) is 0.758. The van der Waals surface area contributed by atoms with Crippen LogP contribution in [0.15, 0.2) is 0 Å². The number of carbonyl (C=O) groups is 1. The summed E-state index contributed by atoms with van der Waals surface area (Å²) in [5.74, 6) is -0.394. The third-order valence-corrected chi connectivity index (χ3v) is 3.74. The van der Waals surface area contributed by atoms with E-state index in [1.807, 2.05) is 0 Å². The molecule has 1 aliphatic rings. The van der Waals surface area contributed by atoms with E-state index in [2.05, 4.69) is 6.07 Å². The summed E-state index contributed by atoms with van der Waals surface area (Å²) in [7, 11) is 0. The van der Waals surface area contributed by atoms with Crippen LogP contribution >= 0.6 is 11.3 Å². The predicted octanol–water partition coefficient (Wildman–Crippen LogP) is 1.60. The average Bonchev–Trinajstić information content (AvgIpc) is 2.56. The van der Waals surface area contributed by atoms with E-state index < -0.39 is 5.91 Å². The van der Waals surface area contributed by atoms with E-state index in [4.69, 9.17) is 11.0 Å². The molecule has 1 heterocycles. The lowest BCUT2D eigenvalue weighted by Crippen LogP contribution is -2.13. The fourth-order valence-electron chi connectivity index (χ4n) is 1.92. The van der Waals surface area contributed by atoms with Crippen molar-refractivity contribution in [1.29, 1.82) is 5.26 Å². The van der Waals surface area contributed by atoms with Crippen molar-refractivity contribution in [2.24, 2.45) is 5.73 Å². The molecule has 0 atom stereocenters. The Bertz CT molecular complexity index is 428. The van der Waals surface area contributed by atoms with Gasteiger partial charge >= 0.3 is 0 Å². The van der Waals surface area contributed by atoms with E-state index in [0.717, 1.165) is 36.8 Å². The highest BCUT2D eigenvalue weighted by Crippen LogP contribution is 2.33. The number of thiophene rings is 1. The summed E-state index contributed by atoms with van der Waals surface area (Å²) in [5, 5.41) is 8.90. The normalized spacial score (nSPS) is 14.5. The van der Waals surface area contributed by atoms with Crippen molar-refractivity contribution in [2.75, 3.05) is 0 Å². The van der Waals surface area contributed by atoms with Crippen LogP contribution < -0.4 is 5.73 Å². The zero-order chi connectivity index (χ0) is 10.1. The van der Waals surface area contributed by atoms with Gasteiger partial charge in [-0.15, -0.1) is 11.3 Å². The molecule has 0 saturated carbocycles. The number of amides is 1. The number of nitriles is 1. The van der Waals surface area contributed by atoms with Crippen molar-refractivity contribution < 1.29 is 4.79 Å². The minimum Gasteiger partial charge on any atom is -0.365 e. The number of hydrogen-bond acceptors (Lipinski definition) is 3. The van der Waals surface area contributed by atoms with Crippen molar-refractivity contribution in [3.05, 3.63) is 20.9 Å². The van der Waals surface area contributed by atoms with Crippen LogP contribution in [0.25, 0.3) is 0 Å². The number of primary amides is 1. The summed E-state index contributed by atoms with van der Waals surface area (Å²) >= 11 is 1.25. The van der Waals surface area contributed by atoms with E-state index in [9.17, 15) is 4.79 Å². The Labute approximate surface area is 86.1 Å². The molecule has 0 aromatic carbocycles. The van der Waals surface area contributed by atoms with E-state index in [0.29, 0.717) is 9.75 Å². The second-order valence-corrected chi connectivity index (χ2v) is 4.42. The lowest BCUT2D eigenvalue weighted by Gasteiger charge is -2.11. The number of hydrogen-bond donors (Lipinski definition) is 1. The van der Waals surface area contributed by atoms with Crippen LogP contribution in [-0.4, -0.2) is 5.91 Å². The molecule has 72 valence electrons. The molecule has 1 aromatic rings. The fourth-order valence-corrected chi connectivity index (χ4v) is 2.97. The van der Waals surface area contributed by atoms with Gasteiger partial charge < -0.3 is 5.73 Å². The van der Waals surface area contributed by atoms with Crippen LogP contribution in [0.4, 0.5) is 0 Å². The molecule has 1 aromatic heterocycles. The van der Waals surface area contributed by atoms with Crippen LogP contribution in [0.1, 0.15) is 38.5 Å². The molecule has 3 nitrogen and oxygen atoms in total. The summed E-state index contributed by atoms with van der Waals surface area (Å²) in [4.78, 5) is 12.4. The van der Waals surface area contributed by atoms with E-state index in [-0.39, 0.29) is 0 Å². The molecule has 0 unspecified atom stereocenters. The lowest BCUT2D eigenvalue weighted by atomic mass is 9.92. The third kappa shape index (κ3) is 1.30. The molecular weight excluding hydrogens is 196 g/mol. The zero-order valence-corrected chi connectivity index (χ0v) is 8.49. The molecule has 1 amide bonds. The zero-order valence-electron chi connectivity index (χ0n) is 7.67. The first-order valence-corrected chi connectivity index (χ1v) is 5.40. The highest BCUT2D eigenvalue weighted by molar-refractivity contribution is 7.14. The van der Waals surface area contributed by atoms with Gasteiger partial charge in [-0.1, -0.05) is 0 Å². The molecule has 2 N–H and O–H groups in total. The van der Waals surface area contributed by atoms with Gasteiger partial charge in [0.15, 0.2) is 0 Å². The first-order chi connectivity index (χ1) is 6.74. The molecule has 14 heavy (non-hydrogen) atoms. The first kappa shape index (κ1) is 9.22. The molecule has 0 bridgehead atoms. The second kappa shape index (κ2) is 3.43. The smallest absolute Gasteiger partial charge is 0.259 e. The highest BCUT2D eigenvalue weighted by Gasteiger charge is 2.22. The topological polar surface area (TPSA) is 66.9 Å². The molecule has 1 aliphatic carbocycles. The van der Waals surface area contributed by atoms with E-state index >= 15 is 0 Å². The SMILES string of the molecule is N#Cc1sc(C(N)=O)c2c1CCCC2. The molecule has 4 heteroatoms. The maximum atomic E-state index is 11.1. The van der Waals surface area contributed by atoms with Crippen LogP contribution in [0.3, 0.4) is 0 Å². The fraction of sp³-hybridized carbons (Fsp3) is 0.400. The summed E-state index contributed by atoms with van der Waals surface area (Å²) in [6.07, 6.45) is 4.01. The molecule has 0 radical (unpaired) electrons. The van der Waals surface area contributed by atoms with Gasteiger partial charge in [-0.3, -0.25) is 4.79 Å². The molecule has 2 rings (SSSR count). The van der Waals surface area contributed by atoms with Crippen molar-refractivity contribution in [3.63, 3.8) is 0 Å². The average molecular weight is 206 g/mol. The Hall–Kier alpha value is -1.34. The Morgan fingerprint density at radius 3 is 2.57 bits per heavy atom. The van der Waals surface area contributed by atoms with Crippen molar-refractivity contribution >= 4 is 17.2 Å². The van der Waals surface area contributed by atoms with Gasteiger partial charge in [0.1, 0.15) is 10.9 Å². The van der Waals surface area contributed by atoms with Crippen LogP contribution in [0.5, 0.6) is 0 Å². The number of carbonyl (C=O) groups excluding carboxylic acids is 1. The van der Waals surface area contributed by atoms with Gasteiger partial charge in [0.2, 0.25) is 0 Å².